The minimum absolute atomic E-state index is 0.0162. The van der Waals surface area contributed by atoms with Gasteiger partial charge in [-0.25, -0.2) is 9.78 Å². The summed E-state index contributed by atoms with van der Waals surface area (Å²) in [6, 6.07) is 13.6. The van der Waals surface area contributed by atoms with Gasteiger partial charge in [-0.05, 0) is 43.3 Å². The zero-order valence-corrected chi connectivity index (χ0v) is 17.8. The van der Waals surface area contributed by atoms with Crippen molar-refractivity contribution in [2.24, 2.45) is 0 Å². The number of fused-ring (bicyclic) bond motifs is 1. The fourth-order valence-electron chi connectivity index (χ4n) is 3.47. The van der Waals surface area contributed by atoms with Crippen molar-refractivity contribution in [2.45, 2.75) is 17.6 Å². The molecule has 0 atom stereocenters. The molecule has 3 amide bonds. The topological polar surface area (TPSA) is 70.0 Å². The minimum atomic E-state index is -0.0587. The number of pyridine rings is 1. The molecule has 1 aromatic carbocycles. The van der Waals surface area contributed by atoms with Gasteiger partial charge in [-0.2, -0.15) is 0 Å². The number of hydrogen-bond acceptors (Lipinski definition) is 4. The largest absolute Gasteiger partial charge is 0.338 e. The van der Waals surface area contributed by atoms with Gasteiger partial charge in [0.2, 0.25) is 0 Å². The normalized spacial score (nSPS) is 14.2. The van der Waals surface area contributed by atoms with E-state index in [-0.39, 0.29) is 11.9 Å². The van der Waals surface area contributed by atoms with Crippen molar-refractivity contribution in [1.82, 2.24) is 24.5 Å². The molecule has 1 aliphatic rings. The average molecular weight is 424 g/mol. The van der Waals surface area contributed by atoms with E-state index < -0.39 is 0 Å². The molecule has 1 aliphatic heterocycles. The predicted octanol–water partition coefficient (Wildman–Crippen LogP) is 3.11. The number of hydrogen-bond donors (Lipinski definition) is 1. The number of nitrogens with one attached hydrogen (secondary N) is 1. The number of carbonyl (C=O) groups excluding carboxylic acids is 2. The molecule has 0 bridgehead atoms. The molecule has 3 heterocycles. The van der Waals surface area contributed by atoms with Crippen LogP contribution in [-0.2, 0) is 5.75 Å². The molecule has 2 aromatic heterocycles. The molecular formula is C22H25N5O2S. The summed E-state index contributed by atoms with van der Waals surface area (Å²) in [6.45, 7) is 4.74. The van der Waals surface area contributed by atoms with Gasteiger partial charge < -0.3 is 19.5 Å². The lowest BCUT2D eigenvalue weighted by Crippen LogP contribution is -2.53. The standard InChI is InChI=1S/C22H25N5O2S/c1-2-23-22(29)26-13-11-25(12-14-26)21(28)17-6-8-19(9-7-17)30-16-18-15-27-10-4-3-5-20(27)24-18/h3-10,15H,2,11-14,16H2,1H3,(H,23,29). The van der Waals surface area contributed by atoms with Gasteiger partial charge in [-0.1, -0.05) is 6.07 Å². The third-order valence-electron chi connectivity index (χ3n) is 5.08. The number of urea groups is 1. The van der Waals surface area contributed by atoms with Gasteiger partial charge >= 0.3 is 6.03 Å². The lowest BCUT2D eigenvalue weighted by Gasteiger charge is -2.34. The molecule has 1 fully saturated rings. The second kappa shape index (κ2) is 9.21. The van der Waals surface area contributed by atoms with Crippen LogP contribution in [0.3, 0.4) is 0 Å². The van der Waals surface area contributed by atoms with Gasteiger partial charge in [0, 0.05) is 61.3 Å². The van der Waals surface area contributed by atoms with Crippen LogP contribution < -0.4 is 5.32 Å². The highest BCUT2D eigenvalue weighted by Crippen LogP contribution is 2.23. The molecule has 4 rings (SSSR count). The van der Waals surface area contributed by atoms with E-state index >= 15 is 0 Å². The van der Waals surface area contributed by atoms with E-state index in [9.17, 15) is 9.59 Å². The van der Waals surface area contributed by atoms with E-state index in [1.165, 1.54) is 0 Å². The van der Waals surface area contributed by atoms with E-state index in [1.807, 2.05) is 71.1 Å². The first-order valence-electron chi connectivity index (χ1n) is 10.1. The summed E-state index contributed by atoms with van der Waals surface area (Å²) in [7, 11) is 0. The number of nitrogens with zero attached hydrogens (tertiary/aromatic N) is 4. The Balaban J connectivity index is 1.31. The van der Waals surface area contributed by atoms with Crippen LogP contribution in [0.1, 0.15) is 23.0 Å². The monoisotopic (exact) mass is 423 g/mol. The molecule has 0 spiro atoms. The van der Waals surface area contributed by atoms with Crippen LogP contribution in [0.15, 0.2) is 59.8 Å². The first kappa shape index (κ1) is 20.3. The number of rotatable bonds is 5. The molecule has 156 valence electrons. The molecule has 0 aliphatic carbocycles. The second-order valence-electron chi connectivity index (χ2n) is 7.13. The lowest BCUT2D eigenvalue weighted by atomic mass is 10.2. The SMILES string of the molecule is CCNC(=O)N1CCN(C(=O)c2ccc(SCc3cn4ccccc4n3)cc2)CC1. The quantitative estimate of drug-likeness (QED) is 0.640. The van der Waals surface area contributed by atoms with Crippen molar-refractivity contribution in [3.05, 3.63) is 66.1 Å². The fourth-order valence-corrected chi connectivity index (χ4v) is 4.25. The summed E-state index contributed by atoms with van der Waals surface area (Å²) in [5.74, 6) is 0.791. The number of aromatic nitrogens is 2. The summed E-state index contributed by atoms with van der Waals surface area (Å²) in [5.41, 5.74) is 2.65. The molecule has 0 saturated carbocycles. The third-order valence-corrected chi connectivity index (χ3v) is 6.13. The van der Waals surface area contributed by atoms with Gasteiger partial charge in [0.05, 0.1) is 5.69 Å². The number of imidazole rings is 1. The van der Waals surface area contributed by atoms with Crippen molar-refractivity contribution in [3.63, 3.8) is 0 Å². The molecule has 8 heteroatoms. The Kier molecular flexibility index (Phi) is 6.23. The first-order valence-corrected chi connectivity index (χ1v) is 11.1. The van der Waals surface area contributed by atoms with Gasteiger partial charge in [-0.3, -0.25) is 4.79 Å². The zero-order valence-electron chi connectivity index (χ0n) is 17.0. The molecule has 1 N–H and O–H groups in total. The van der Waals surface area contributed by atoms with Gasteiger partial charge in [-0.15, -0.1) is 11.8 Å². The van der Waals surface area contributed by atoms with E-state index in [0.717, 1.165) is 22.0 Å². The highest BCUT2D eigenvalue weighted by Gasteiger charge is 2.24. The maximum atomic E-state index is 12.8. The third kappa shape index (κ3) is 4.59. The van der Waals surface area contributed by atoms with Crippen molar-refractivity contribution in [3.8, 4) is 0 Å². The Bertz CT molecular complexity index is 992. The highest BCUT2D eigenvalue weighted by molar-refractivity contribution is 7.98. The Morgan fingerprint density at radius 1 is 1.03 bits per heavy atom. The summed E-state index contributed by atoms with van der Waals surface area (Å²) in [5, 5.41) is 2.80. The average Bonchev–Trinajstić information content (AvgIpc) is 3.21. The maximum Gasteiger partial charge on any atom is 0.317 e. The molecule has 3 aromatic rings. The Morgan fingerprint density at radius 3 is 2.47 bits per heavy atom. The molecule has 7 nitrogen and oxygen atoms in total. The predicted molar refractivity (Wildman–Crippen MR) is 118 cm³/mol. The molecule has 1 saturated heterocycles. The fraction of sp³-hybridized carbons (Fsp3) is 0.318. The Morgan fingerprint density at radius 2 is 1.77 bits per heavy atom. The summed E-state index contributed by atoms with van der Waals surface area (Å²) in [6.07, 6.45) is 4.04. The van der Waals surface area contributed by atoms with E-state index in [1.54, 1.807) is 16.7 Å². The highest BCUT2D eigenvalue weighted by atomic mass is 32.2. The molecular weight excluding hydrogens is 398 g/mol. The number of carbonyl (C=O) groups is 2. The minimum Gasteiger partial charge on any atom is -0.338 e. The van der Waals surface area contributed by atoms with E-state index in [4.69, 9.17) is 0 Å². The smallest absolute Gasteiger partial charge is 0.317 e. The summed E-state index contributed by atoms with van der Waals surface area (Å²) in [4.78, 5) is 34.0. The van der Waals surface area contributed by atoms with Crippen molar-refractivity contribution < 1.29 is 9.59 Å². The van der Waals surface area contributed by atoms with Gasteiger partial charge in [0.15, 0.2) is 0 Å². The number of amides is 3. The van der Waals surface area contributed by atoms with E-state index in [0.29, 0.717) is 38.3 Å². The van der Waals surface area contributed by atoms with Crippen molar-refractivity contribution in [2.75, 3.05) is 32.7 Å². The van der Waals surface area contributed by atoms with Crippen molar-refractivity contribution in [1.29, 1.82) is 0 Å². The van der Waals surface area contributed by atoms with Gasteiger partial charge in [0.25, 0.3) is 5.91 Å². The maximum absolute atomic E-state index is 12.8. The van der Waals surface area contributed by atoms with Crippen LogP contribution >= 0.6 is 11.8 Å². The number of piperazine rings is 1. The Labute approximate surface area is 180 Å². The van der Waals surface area contributed by atoms with Crippen LogP contribution in [0.4, 0.5) is 4.79 Å². The van der Waals surface area contributed by atoms with E-state index in [2.05, 4.69) is 10.3 Å². The number of benzene rings is 1. The van der Waals surface area contributed by atoms with Crippen LogP contribution in [0, 0.1) is 0 Å². The molecule has 0 unspecified atom stereocenters. The van der Waals surface area contributed by atoms with Gasteiger partial charge in [0.1, 0.15) is 5.65 Å². The summed E-state index contributed by atoms with van der Waals surface area (Å²) < 4.78 is 2.02. The van der Waals surface area contributed by atoms with Crippen LogP contribution in [-0.4, -0.2) is 63.8 Å². The second-order valence-corrected chi connectivity index (χ2v) is 8.17. The molecule has 0 radical (unpaired) electrons. The first-order chi connectivity index (χ1) is 14.6. The zero-order chi connectivity index (χ0) is 20.9. The molecule has 30 heavy (non-hydrogen) atoms. The summed E-state index contributed by atoms with van der Waals surface area (Å²) >= 11 is 1.70. The van der Waals surface area contributed by atoms with Crippen LogP contribution in [0.5, 0.6) is 0 Å². The Hall–Kier alpha value is -3.00. The number of thioether (sulfide) groups is 1. The van der Waals surface area contributed by atoms with Crippen molar-refractivity contribution >= 4 is 29.3 Å². The van der Waals surface area contributed by atoms with Crippen LogP contribution in [0.2, 0.25) is 0 Å². The van der Waals surface area contributed by atoms with Crippen LogP contribution in [0.25, 0.3) is 5.65 Å². The lowest BCUT2D eigenvalue weighted by molar-refractivity contribution is 0.0665.